The predicted octanol–water partition coefficient (Wildman–Crippen LogP) is 2.16. The normalized spacial score (nSPS) is 21.3. The van der Waals surface area contributed by atoms with Gasteiger partial charge < -0.3 is 15.2 Å². The Labute approximate surface area is 155 Å². The third-order valence-electron chi connectivity index (χ3n) is 6.15. The van der Waals surface area contributed by atoms with Crippen molar-refractivity contribution in [2.75, 3.05) is 39.8 Å². The van der Waals surface area contributed by atoms with E-state index in [0.717, 1.165) is 49.6 Å². The van der Waals surface area contributed by atoms with Gasteiger partial charge in [0.1, 0.15) is 5.82 Å². The number of fused-ring (bicyclic) bond motifs is 1. The summed E-state index contributed by atoms with van der Waals surface area (Å²) in [5.41, 5.74) is 2.67. The maximum Gasteiger partial charge on any atom is 0.251 e. The standard InChI is InChI=1S/C20H29N5O/c1-15-22-17-6-5-16(13-18(17)23-15)19(26)21-14-20(7-3-4-8-20)25-11-9-24(2)10-12-25/h5-6,13H,3-4,7-12,14H2,1-2H3,(H,21,26)(H,22,23). The number of carbonyl (C=O) groups excluding carboxylic acids is 1. The van der Waals surface area contributed by atoms with Gasteiger partial charge in [-0.1, -0.05) is 12.8 Å². The van der Waals surface area contributed by atoms with E-state index in [1.165, 1.54) is 25.7 Å². The second-order valence-corrected chi connectivity index (χ2v) is 7.96. The predicted molar refractivity (Wildman–Crippen MR) is 103 cm³/mol. The van der Waals surface area contributed by atoms with Crippen LogP contribution >= 0.6 is 0 Å². The molecule has 1 amide bonds. The lowest BCUT2D eigenvalue weighted by molar-refractivity contribution is 0.0414. The van der Waals surface area contributed by atoms with Gasteiger partial charge in [-0.3, -0.25) is 9.69 Å². The summed E-state index contributed by atoms with van der Waals surface area (Å²) in [6.07, 6.45) is 4.91. The van der Waals surface area contributed by atoms with Crippen molar-refractivity contribution in [3.05, 3.63) is 29.6 Å². The highest BCUT2D eigenvalue weighted by molar-refractivity contribution is 5.97. The third kappa shape index (κ3) is 3.35. The SMILES string of the molecule is Cc1nc2ccc(C(=O)NCC3(N4CCN(C)CC4)CCCC3)cc2[nH]1. The van der Waals surface area contributed by atoms with Crippen LogP contribution in [0.15, 0.2) is 18.2 Å². The molecule has 1 saturated carbocycles. The number of aromatic nitrogens is 2. The molecule has 6 heteroatoms. The van der Waals surface area contributed by atoms with Crippen LogP contribution in [0.5, 0.6) is 0 Å². The number of benzene rings is 1. The molecular formula is C20H29N5O. The molecule has 0 unspecified atom stereocenters. The number of nitrogens with one attached hydrogen (secondary N) is 2. The number of aromatic amines is 1. The maximum atomic E-state index is 12.8. The Bertz CT molecular complexity index is 785. The molecule has 6 nitrogen and oxygen atoms in total. The molecule has 2 heterocycles. The number of hydrogen-bond donors (Lipinski definition) is 2. The fourth-order valence-corrected chi connectivity index (χ4v) is 4.54. The number of hydrogen-bond acceptors (Lipinski definition) is 4. The summed E-state index contributed by atoms with van der Waals surface area (Å²) in [5.74, 6) is 0.886. The van der Waals surface area contributed by atoms with Crippen molar-refractivity contribution < 1.29 is 4.79 Å². The lowest BCUT2D eigenvalue weighted by atomic mass is 9.93. The zero-order valence-corrected chi connectivity index (χ0v) is 15.8. The number of H-pyrrole nitrogens is 1. The quantitative estimate of drug-likeness (QED) is 0.882. The Balaban J connectivity index is 1.45. The zero-order valence-electron chi connectivity index (χ0n) is 15.8. The summed E-state index contributed by atoms with van der Waals surface area (Å²) in [7, 11) is 2.19. The van der Waals surface area contributed by atoms with Crippen molar-refractivity contribution in [1.29, 1.82) is 0 Å². The molecule has 140 valence electrons. The van der Waals surface area contributed by atoms with Gasteiger partial charge in [-0.05, 0) is 45.0 Å². The number of carbonyl (C=O) groups is 1. The van der Waals surface area contributed by atoms with Crippen LogP contribution in [0.4, 0.5) is 0 Å². The number of rotatable bonds is 4. The minimum atomic E-state index is 0.0135. The van der Waals surface area contributed by atoms with Gasteiger partial charge in [0.25, 0.3) is 5.91 Å². The van der Waals surface area contributed by atoms with Gasteiger partial charge in [0.2, 0.25) is 0 Å². The van der Waals surface area contributed by atoms with E-state index in [1.54, 1.807) is 0 Å². The number of piperazine rings is 1. The Morgan fingerprint density at radius 3 is 2.69 bits per heavy atom. The fraction of sp³-hybridized carbons (Fsp3) is 0.600. The van der Waals surface area contributed by atoms with Crippen molar-refractivity contribution in [1.82, 2.24) is 25.1 Å². The molecule has 26 heavy (non-hydrogen) atoms. The van der Waals surface area contributed by atoms with Gasteiger partial charge in [0.15, 0.2) is 0 Å². The molecule has 2 aromatic rings. The molecule has 1 aliphatic carbocycles. The second-order valence-electron chi connectivity index (χ2n) is 7.96. The van der Waals surface area contributed by atoms with Gasteiger partial charge in [0.05, 0.1) is 11.0 Å². The molecule has 0 bridgehead atoms. The van der Waals surface area contributed by atoms with Crippen LogP contribution in [0, 0.1) is 6.92 Å². The molecule has 0 atom stereocenters. The van der Waals surface area contributed by atoms with Crippen LogP contribution in [0.2, 0.25) is 0 Å². The molecule has 0 spiro atoms. The van der Waals surface area contributed by atoms with Gasteiger partial charge >= 0.3 is 0 Å². The van der Waals surface area contributed by atoms with E-state index in [0.29, 0.717) is 5.56 Å². The van der Waals surface area contributed by atoms with Crippen LogP contribution in [-0.4, -0.2) is 71.0 Å². The van der Waals surface area contributed by atoms with Crippen molar-refractivity contribution >= 4 is 16.9 Å². The van der Waals surface area contributed by atoms with Crippen molar-refractivity contribution in [3.63, 3.8) is 0 Å². The van der Waals surface area contributed by atoms with E-state index in [2.05, 4.69) is 32.1 Å². The van der Waals surface area contributed by atoms with Crippen molar-refractivity contribution in [2.24, 2.45) is 0 Å². The van der Waals surface area contributed by atoms with Crippen LogP contribution < -0.4 is 5.32 Å². The van der Waals surface area contributed by atoms with Gasteiger partial charge in [0, 0.05) is 43.8 Å². The highest BCUT2D eigenvalue weighted by Crippen LogP contribution is 2.35. The Hall–Kier alpha value is -1.92. The van der Waals surface area contributed by atoms with Crippen LogP contribution in [0.3, 0.4) is 0 Å². The van der Waals surface area contributed by atoms with E-state index < -0.39 is 0 Å². The van der Waals surface area contributed by atoms with Crippen LogP contribution in [0.25, 0.3) is 11.0 Å². The average Bonchev–Trinajstić information content (AvgIpc) is 3.26. The lowest BCUT2D eigenvalue weighted by Gasteiger charge is -2.45. The first-order valence-electron chi connectivity index (χ1n) is 9.74. The Kier molecular flexibility index (Phi) is 4.71. The average molecular weight is 355 g/mol. The van der Waals surface area contributed by atoms with Crippen molar-refractivity contribution in [3.8, 4) is 0 Å². The number of imidazole rings is 1. The van der Waals surface area contributed by atoms with Gasteiger partial charge in [-0.2, -0.15) is 0 Å². The lowest BCUT2D eigenvalue weighted by Crippen LogP contribution is -2.59. The van der Waals surface area contributed by atoms with E-state index in [9.17, 15) is 4.79 Å². The Morgan fingerprint density at radius 1 is 1.23 bits per heavy atom. The molecular weight excluding hydrogens is 326 g/mol. The first-order chi connectivity index (χ1) is 12.6. The second kappa shape index (κ2) is 7.00. The molecule has 2 aliphatic rings. The van der Waals surface area contributed by atoms with E-state index in [1.807, 2.05) is 25.1 Å². The van der Waals surface area contributed by atoms with Crippen LogP contribution in [0.1, 0.15) is 41.9 Å². The Morgan fingerprint density at radius 2 is 1.96 bits per heavy atom. The highest BCUT2D eigenvalue weighted by Gasteiger charge is 2.40. The van der Waals surface area contributed by atoms with E-state index in [4.69, 9.17) is 0 Å². The molecule has 2 fully saturated rings. The first-order valence-corrected chi connectivity index (χ1v) is 9.74. The summed E-state index contributed by atoms with van der Waals surface area (Å²) in [6.45, 7) is 7.11. The minimum absolute atomic E-state index is 0.0135. The molecule has 1 aromatic heterocycles. The molecule has 1 aliphatic heterocycles. The van der Waals surface area contributed by atoms with Crippen molar-refractivity contribution in [2.45, 2.75) is 38.1 Å². The summed E-state index contributed by atoms with van der Waals surface area (Å²) >= 11 is 0. The highest BCUT2D eigenvalue weighted by atomic mass is 16.1. The molecule has 0 radical (unpaired) electrons. The third-order valence-corrected chi connectivity index (χ3v) is 6.15. The van der Waals surface area contributed by atoms with Gasteiger partial charge in [-0.15, -0.1) is 0 Å². The number of likely N-dealkylation sites (N-methyl/N-ethyl adjacent to an activating group) is 1. The zero-order chi connectivity index (χ0) is 18.1. The molecule has 1 saturated heterocycles. The summed E-state index contributed by atoms with van der Waals surface area (Å²) < 4.78 is 0. The monoisotopic (exact) mass is 355 g/mol. The van der Waals surface area contributed by atoms with Crippen LogP contribution in [-0.2, 0) is 0 Å². The fourth-order valence-electron chi connectivity index (χ4n) is 4.54. The molecule has 2 N–H and O–H groups in total. The summed E-state index contributed by atoms with van der Waals surface area (Å²) in [6, 6.07) is 5.69. The smallest absolute Gasteiger partial charge is 0.251 e. The number of aryl methyl sites for hydroxylation is 1. The maximum absolute atomic E-state index is 12.8. The molecule has 4 rings (SSSR count). The largest absolute Gasteiger partial charge is 0.350 e. The number of nitrogens with zero attached hydrogens (tertiary/aromatic N) is 3. The van der Waals surface area contributed by atoms with Gasteiger partial charge in [-0.25, -0.2) is 4.98 Å². The number of amides is 1. The summed E-state index contributed by atoms with van der Waals surface area (Å²) in [5, 5.41) is 3.23. The van der Waals surface area contributed by atoms with E-state index >= 15 is 0 Å². The van der Waals surface area contributed by atoms with E-state index in [-0.39, 0.29) is 11.4 Å². The minimum Gasteiger partial charge on any atom is -0.350 e. The first kappa shape index (κ1) is 17.5. The molecule has 1 aromatic carbocycles. The topological polar surface area (TPSA) is 64.3 Å². The summed E-state index contributed by atoms with van der Waals surface area (Å²) in [4.78, 5) is 25.4.